The third-order valence-electron chi connectivity index (χ3n) is 5.86. The van der Waals surface area contributed by atoms with Gasteiger partial charge in [0.2, 0.25) is 0 Å². The molecule has 1 heterocycles. The summed E-state index contributed by atoms with van der Waals surface area (Å²) in [4.78, 5) is 2.50. The monoisotopic (exact) mass is 297 g/mol. The van der Waals surface area contributed by atoms with Gasteiger partial charge in [-0.05, 0) is 51.4 Å². The van der Waals surface area contributed by atoms with E-state index in [1.807, 2.05) is 0 Å². The summed E-state index contributed by atoms with van der Waals surface area (Å²) in [6.07, 6.45) is 4.54. The lowest BCUT2D eigenvalue weighted by Crippen LogP contribution is -2.59. The van der Waals surface area contributed by atoms with Crippen LogP contribution in [0.1, 0.15) is 67.2 Å². The fourth-order valence-corrected chi connectivity index (χ4v) is 4.28. The number of nitrogens with zero attached hydrogens (tertiary/aromatic N) is 1. The van der Waals surface area contributed by atoms with Crippen LogP contribution < -0.4 is 0 Å². The number of aliphatic hydroxyl groups is 1. The van der Waals surface area contributed by atoms with E-state index in [1.54, 1.807) is 0 Å². The first kappa shape index (κ1) is 17.2. The van der Waals surface area contributed by atoms with Crippen molar-refractivity contribution in [1.82, 2.24) is 4.90 Å². The van der Waals surface area contributed by atoms with Crippen molar-refractivity contribution in [1.29, 1.82) is 0 Å². The van der Waals surface area contributed by atoms with E-state index in [9.17, 15) is 5.11 Å². The molecule has 2 fully saturated rings. The maximum atomic E-state index is 10.6. The van der Waals surface area contributed by atoms with Crippen LogP contribution in [0.25, 0.3) is 0 Å². The highest BCUT2D eigenvalue weighted by Crippen LogP contribution is 2.42. The van der Waals surface area contributed by atoms with Crippen LogP contribution in [0.5, 0.6) is 0 Å². The Balaban J connectivity index is 2.09. The second-order valence-corrected chi connectivity index (χ2v) is 8.60. The minimum Gasteiger partial charge on any atom is -0.391 e. The Kier molecular flexibility index (Phi) is 5.07. The molecular weight excluding hydrogens is 262 g/mol. The molecule has 1 saturated heterocycles. The molecule has 0 spiro atoms. The Hall–Kier alpha value is -0.120. The largest absolute Gasteiger partial charge is 0.391 e. The van der Waals surface area contributed by atoms with Gasteiger partial charge in [0.1, 0.15) is 0 Å². The molecule has 4 atom stereocenters. The molecule has 3 nitrogen and oxygen atoms in total. The van der Waals surface area contributed by atoms with Gasteiger partial charge in [0.25, 0.3) is 0 Å². The van der Waals surface area contributed by atoms with Crippen LogP contribution in [-0.4, -0.2) is 46.9 Å². The fourth-order valence-electron chi connectivity index (χ4n) is 4.28. The van der Waals surface area contributed by atoms with Crippen molar-refractivity contribution in [2.24, 2.45) is 11.3 Å². The van der Waals surface area contributed by atoms with Crippen molar-refractivity contribution in [3.05, 3.63) is 0 Å². The SMILES string of the molecule is CCC(C)(C)C1CCC(O)C(N2CC(C)OC(C)(C)C2)C1. The molecular formula is C18H35NO2. The summed E-state index contributed by atoms with van der Waals surface area (Å²) in [6, 6.07) is 0.306. The van der Waals surface area contributed by atoms with Crippen LogP contribution >= 0.6 is 0 Å². The van der Waals surface area contributed by atoms with Gasteiger partial charge in [0.05, 0.1) is 17.8 Å². The van der Waals surface area contributed by atoms with Gasteiger partial charge in [0, 0.05) is 19.1 Å². The first-order chi connectivity index (χ1) is 9.64. The number of rotatable bonds is 3. The molecule has 3 heteroatoms. The quantitative estimate of drug-likeness (QED) is 0.866. The molecule has 0 aromatic rings. The van der Waals surface area contributed by atoms with Crippen molar-refractivity contribution >= 4 is 0 Å². The summed E-state index contributed by atoms with van der Waals surface area (Å²) in [5.74, 6) is 0.720. The van der Waals surface area contributed by atoms with E-state index >= 15 is 0 Å². The second-order valence-electron chi connectivity index (χ2n) is 8.60. The first-order valence-electron chi connectivity index (χ1n) is 8.74. The Bertz CT molecular complexity index is 353. The average Bonchev–Trinajstić information content (AvgIpc) is 2.36. The maximum Gasteiger partial charge on any atom is 0.0757 e. The second kappa shape index (κ2) is 6.17. The van der Waals surface area contributed by atoms with E-state index in [0.29, 0.717) is 11.5 Å². The summed E-state index contributed by atoms with van der Waals surface area (Å²) in [7, 11) is 0. The van der Waals surface area contributed by atoms with Crippen LogP contribution in [0, 0.1) is 11.3 Å². The highest BCUT2D eigenvalue weighted by molar-refractivity contribution is 4.95. The van der Waals surface area contributed by atoms with Crippen LogP contribution in [-0.2, 0) is 4.74 Å². The van der Waals surface area contributed by atoms with Crippen molar-refractivity contribution in [2.45, 2.75) is 91.1 Å². The molecule has 0 radical (unpaired) electrons. The number of aliphatic hydroxyl groups excluding tert-OH is 1. The molecule has 0 amide bonds. The van der Waals surface area contributed by atoms with E-state index < -0.39 is 0 Å². The summed E-state index contributed by atoms with van der Waals surface area (Å²) in [5, 5.41) is 10.6. The molecule has 1 N–H and O–H groups in total. The van der Waals surface area contributed by atoms with E-state index in [-0.39, 0.29) is 17.8 Å². The number of hydrogen-bond acceptors (Lipinski definition) is 3. The van der Waals surface area contributed by atoms with Crippen molar-refractivity contribution < 1.29 is 9.84 Å². The number of morpholine rings is 1. The molecule has 0 aromatic carbocycles. The smallest absolute Gasteiger partial charge is 0.0757 e. The molecule has 124 valence electrons. The van der Waals surface area contributed by atoms with Crippen molar-refractivity contribution in [3.63, 3.8) is 0 Å². The zero-order valence-electron chi connectivity index (χ0n) is 14.9. The molecule has 1 aliphatic heterocycles. The zero-order chi connectivity index (χ0) is 15.8. The molecule has 0 bridgehead atoms. The molecule has 0 aromatic heterocycles. The van der Waals surface area contributed by atoms with Crippen LogP contribution in [0.4, 0.5) is 0 Å². The Morgan fingerprint density at radius 2 is 1.95 bits per heavy atom. The van der Waals surface area contributed by atoms with E-state index in [0.717, 1.165) is 31.8 Å². The minimum atomic E-state index is -0.171. The van der Waals surface area contributed by atoms with Gasteiger partial charge < -0.3 is 9.84 Å². The Morgan fingerprint density at radius 3 is 2.52 bits per heavy atom. The van der Waals surface area contributed by atoms with Gasteiger partial charge in [-0.25, -0.2) is 0 Å². The standard InChI is InChI=1S/C18H35NO2/c1-7-17(3,4)14-8-9-16(20)15(10-14)19-11-13(2)21-18(5,6)12-19/h13-16,20H,7-12H2,1-6H3. The van der Waals surface area contributed by atoms with Crippen LogP contribution in [0.15, 0.2) is 0 Å². The summed E-state index contributed by atoms with van der Waals surface area (Å²) in [6.45, 7) is 15.4. The van der Waals surface area contributed by atoms with Gasteiger partial charge in [-0.15, -0.1) is 0 Å². The fraction of sp³-hybridized carbons (Fsp3) is 1.00. The summed E-state index contributed by atoms with van der Waals surface area (Å²) in [5.41, 5.74) is 0.274. The lowest BCUT2D eigenvalue weighted by molar-refractivity contribution is -0.155. The third kappa shape index (κ3) is 4.00. The first-order valence-corrected chi connectivity index (χ1v) is 8.74. The average molecular weight is 297 g/mol. The lowest BCUT2D eigenvalue weighted by atomic mass is 9.67. The predicted octanol–water partition coefficient (Wildman–Crippen LogP) is 3.45. The summed E-state index contributed by atoms with van der Waals surface area (Å²) < 4.78 is 6.02. The van der Waals surface area contributed by atoms with Gasteiger partial charge in [0.15, 0.2) is 0 Å². The van der Waals surface area contributed by atoms with E-state index in [1.165, 1.54) is 12.8 Å². The Labute approximate surface area is 131 Å². The molecule has 21 heavy (non-hydrogen) atoms. The zero-order valence-corrected chi connectivity index (χ0v) is 14.9. The van der Waals surface area contributed by atoms with Gasteiger partial charge in [-0.3, -0.25) is 4.90 Å². The van der Waals surface area contributed by atoms with Crippen molar-refractivity contribution in [2.75, 3.05) is 13.1 Å². The van der Waals surface area contributed by atoms with E-state index in [4.69, 9.17) is 4.74 Å². The maximum absolute atomic E-state index is 10.6. The topological polar surface area (TPSA) is 32.7 Å². The van der Waals surface area contributed by atoms with Crippen molar-refractivity contribution in [3.8, 4) is 0 Å². The number of hydrogen-bond donors (Lipinski definition) is 1. The summed E-state index contributed by atoms with van der Waals surface area (Å²) >= 11 is 0. The van der Waals surface area contributed by atoms with Gasteiger partial charge in [-0.1, -0.05) is 27.2 Å². The molecule has 2 rings (SSSR count). The van der Waals surface area contributed by atoms with E-state index in [2.05, 4.69) is 46.4 Å². The third-order valence-corrected chi connectivity index (χ3v) is 5.86. The van der Waals surface area contributed by atoms with Gasteiger partial charge in [-0.2, -0.15) is 0 Å². The minimum absolute atomic E-state index is 0.107. The number of ether oxygens (including phenoxy) is 1. The molecule has 1 aliphatic carbocycles. The highest BCUT2D eigenvalue weighted by Gasteiger charge is 2.42. The molecule has 1 saturated carbocycles. The van der Waals surface area contributed by atoms with Gasteiger partial charge >= 0.3 is 0 Å². The highest BCUT2D eigenvalue weighted by atomic mass is 16.5. The normalized spacial score (nSPS) is 38.4. The molecule has 4 unspecified atom stereocenters. The predicted molar refractivity (Wildman–Crippen MR) is 87.4 cm³/mol. The van der Waals surface area contributed by atoms with Crippen LogP contribution in [0.2, 0.25) is 0 Å². The molecule has 2 aliphatic rings. The van der Waals surface area contributed by atoms with Crippen LogP contribution in [0.3, 0.4) is 0 Å². The Morgan fingerprint density at radius 1 is 1.29 bits per heavy atom. The lowest BCUT2D eigenvalue weighted by Gasteiger charge is -2.50.